The van der Waals surface area contributed by atoms with E-state index in [0.29, 0.717) is 37.5 Å². The van der Waals surface area contributed by atoms with Crippen molar-refractivity contribution in [2.75, 3.05) is 0 Å². The molecule has 0 aliphatic heterocycles. The molecule has 4 rings (SSSR count). The summed E-state index contributed by atoms with van der Waals surface area (Å²) in [5.74, 6) is -2.08. The molecule has 0 saturated heterocycles. The molecule has 36 heavy (non-hydrogen) atoms. The van der Waals surface area contributed by atoms with Crippen molar-refractivity contribution in [1.82, 2.24) is 35.4 Å². The Bertz CT molecular complexity index is 1220. The lowest BCUT2D eigenvalue weighted by Gasteiger charge is -2.11. The van der Waals surface area contributed by atoms with E-state index in [-0.39, 0.29) is 12.2 Å². The maximum Gasteiger partial charge on any atom is 0.308 e. The average Bonchev–Trinajstić information content (AvgIpc) is 3.56. The van der Waals surface area contributed by atoms with Crippen LogP contribution in [-0.4, -0.2) is 35.4 Å². The largest absolute Gasteiger partial charge is 0.308 e. The van der Waals surface area contributed by atoms with Crippen LogP contribution in [0.5, 0.6) is 0 Å². The second kappa shape index (κ2) is 12.0. The first-order chi connectivity index (χ1) is 17.5. The topological polar surface area (TPSA) is 85.2 Å². The summed E-state index contributed by atoms with van der Waals surface area (Å²) in [5.41, 5.74) is 4.20. The Labute approximate surface area is 210 Å². The Morgan fingerprint density at radius 2 is 1.67 bits per heavy atom. The van der Waals surface area contributed by atoms with E-state index in [1.807, 2.05) is 37.3 Å². The van der Waals surface area contributed by atoms with Gasteiger partial charge in [0.2, 0.25) is 5.82 Å². The molecule has 4 aromatic rings. The maximum atomic E-state index is 14.7. The van der Waals surface area contributed by atoms with Crippen LogP contribution in [0.2, 0.25) is 0 Å². The van der Waals surface area contributed by atoms with E-state index in [1.165, 1.54) is 0 Å². The summed E-state index contributed by atoms with van der Waals surface area (Å²) in [7, 11) is 0. The fourth-order valence-corrected chi connectivity index (χ4v) is 4.22. The van der Waals surface area contributed by atoms with Crippen molar-refractivity contribution in [1.29, 1.82) is 0 Å². The number of hydrogen-bond acceptors (Lipinski definition) is 5. The molecule has 9 heteroatoms. The van der Waals surface area contributed by atoms with Crippen molar-refractivity contribution in [3.63, 3.8) is 0 Å². The number of aromatic amines is 1. The summed E-state index contributed by atoms with van der Waals surface area (Å²) in [4.78, 5) is 4.29. The van der Waals surface area contributed by atoms with Gasteiger partial charge in [-0.05, 0) is 46.4 Å². The number of alkyl halides is 2. The summed E-state index contributed by atoms with van der Waals surface area (Å²) in [5, 5.41) is 18.5. The highest BCUT2D eigenvalue weighted by Gasteiger charge is 2.36. The Morgan fingerprint density at radius 3 is 2.39 bits per heavy atom. The van der Waals surface area contributed by atoms with E-state index in [1.54, 1.807) is 4.68 Å². The smallest absolute Gasteiger partial charge is 0.245 e. The highest BCUT2D eigenvalue weighted by atomic mass is 19.3. The minimum Gasteiger partial charge on any atom is -0.245 e. The summed E-state index contributed by atoms with van der Waals surface area (Å²) >= 11 is 0. The third kappa shape index (κ3) is 6.38. The lowest BCUT2D eigenvalue weighted by atomic mass is 9.98. The lowest BCUT2D eigenvalue weighted by Crippen LogP contribution is -2.16. The van der Waals surface area contributed by atoms with Crippen LogP contribution in [0.25, 0.3) is 11.4 Å². The van der Waals surface area contributed by atoms with Gasteiger partial charge in [-0.25, -0.2) is 14.8 Å². The monoisotopic (exact) mass is 493 g/mol. The minimum atomic E-state index is -3.00. The predicted octanol–water partition coefficient (Wildman–Crippen LogP) is 6.11. The fraction of sp³-hybridized carbons (Fsp3) is 0.444. The number of nitrogens with one attached hydrogen (secondary N) is 1. The Hall–Kier alpha value is -3.49. The Morgan fingerprint density at radius 1 is 0.917 bits per heavy atom. The molecule has 190 valence electrons. The van der Waals surface area contributed by atoms with Crippen LogP contribution < -0.4 is 0 Å². The number of rotatable bonds is 13. The van der Waals surface area contributed by atoms with Crippen molar-refractivity contribution in [2.24, 2.45) is 0 Å². The van der Waals surface area contributed by atoms with Crippen LogP contribution in [-0.2, 0) is 25.3 Å². The fourth-order valence-electron chi connectivity index (χ4n) is 4.22. The second-order valence-electron chi connectivity index (χ2n) is 9.17. The van der Waals surface area contributed by atoms with E-state index in [4.69, 9.17) is 0 Å². The van der Waals surface area contributed by atoms with E-state index >= 15 is 0 Å². The molecule has 0 bridgehead atoms. The number of aryl methyl sites for hydroxylation is 1. The van der Waals surface area contributed by atoms with Crippen molar-refractivity contribution >= 4 is 0 Å². The van der Waals surface area contributed by atoms with Gasteiger partial charge >= 0.3 is 5.92 Å². The quantitative estimate of drug-likeness (QED) is 0.227. The van der Waals surface area contributed by atoms with Gasteiger partial charge in [0.1, 0.15) is 5.82 Å². The van der Waals surface area contributed by atoms with E-state index < -0.39 is 5.92 Å². The van der Waals surface area contributed by atoms with Gasteiger partial charge in [0.05, 0.1) is 6.54 Å². The van der Waals surface area contributed by atoms with E-state index in [2.05, 4.69) is 55.8 Å². The molecule has 1 N–H and O–H groups in total. The van der Waals surface area contributed by atoms with Crippen molar-refractivity contribution in [3.05, 3.63) is 76.9 Å². The number of hydrogen-bond donors (Lipinski definition) is 1. The summed E-state index contributed by atoms with van der Waals surface area (Å²) in [6, 6.07) is 16.2. The predicted molar refractivity (Wildman–Crippen MR) is 135 cm³/mol. The van der Waals surface area contributed by atoms with Gasteiger partial charge in [0, 0.05) is 18.4 Å². The molecule has 0 aliphatic rings. The molecule has 2 aromatic heterocycles. The Kier molecular flexibility index (Phi) is 8.51. The van der Waals surface area contributed by atoms with Crippen molar-refractivity contribution < 1.29 is 8.78 Å². The summed E-state index contributed by atoms with van der Waals surface area (Å²) < 4.78 is 31.1. The van der Waals surface area contributed by atoms with Gasteiger partial charge in [-0.3, -0.25) is 0 Å². The van der Waals surface area contributed by atoms with Crippen LogP contribution >= 0.6 is 0 Å². The molecule has 0 atom stereocenters. The summed E-state index contributed by atoms with van der Waals surface area (Å²) in [6.07, 6.45) is 5.32. The summed E-state index contributed by atoms with van der Waals surface area (Å²) in [6.45, 7) is 4.45. The third-order valence-electron chi connectivity index (χ3n) is 6.29. The molecule has 0 saturated carbocycles. The molecule has 0 unspecified atom stereocenters. The molecule has 7 nitrogen and oxygen atoms in total. The van der Waals surface area contributed by atoms with Gasteiger partial charge in [-0.2, -0.15) is 8.78 Å². The lowest BCUT2D eigenvalue weighted by molar-refractivity contribution is -0.0245. The Balaban J connectivity index is 1.50. The van der Waals surface area contributed by atoms with Gasteiger partial charge in [-0.15, -0.1) is 10.2 Å². The van der Waals surface area contributed by atoms with E-state index in [0.717, 1.165) is 47.9 Å². The van der Waals surface area contributed by atoms with Gasteiger partial charge in [0.15, 0.2) is 5.82 Å². The molecule has 2 aromatic carbocycles. The van der Waals surface area contributed by atoms with Crippen LogP contribution in [0, 0.1) is 0 Å². The SMILES string of the molecule is CCCCCc1nc(C(F)(F)CCCC)nn1Cc1ccc(Cc2ccccc2-c2nnn[nH]2)cc1. The zero-order chi connectivity index (χ0) is 25.4. The number of benzene rings is 2. The maximum absolute atomic E-state index is 14.7. The first-order valence-electron chi connectivity index (χ1n) is 12.7. The van der Waals surface area contributed by atoms with Crippen LogP contribution in [0.3, 0.4) is 0 Å². The van der Waals surface area contributed by atoms with Gasteiger partial charge in [-0.1, -0.05) is 81.6 Å². The number of halogens is 2. The standard InChI is InChI=1S/C27H33F2N7/c1-3-5-7-12-24-30-26(27(28,29)17-6-4-2)33-36(24)19-21-15-13-20(14-16-21)18-22-10-8-9-11-23(22)25-31-34-35-32-25/h8-11,13-16H,3-7,12,17-19H2,1-2H3,(H,31,32,34,35). The van der Waals surface area contributed by atoms with Gasteiger partial charge in [0.25, 0.3) is 0 Å². The molecule has 0 spiro atoms. The normalized spacial score (nSPS) is 11.8. The number of H-pyrrole nitrogens is 1. The van der Waals surface area contributed by atoms with Crippen LogP contribution in [0.1, 0.15) is 80.7 Å². The average molecular weight is 494 g/mol. The molecule has 2 heterocycles. The number of nitrogens with zero attached hydrogens (tertiary/aromatic N) is 6. The highest BCUT2D eigenvalue weighted by Crippen LogP contribution is 2.31. The van der Waals surface area contributed by atoms with Crippen molar-refractivity contribution in [2.45, 2.75) is 77.7 Å². The zero-order valence-electron chi connectivity index (χ0n) is 20.9. The molecule has 0 aliphatic carbocycles. The van der Waals surface area contributed by atoms with E-state index in [9.17, 15) is 8.78 Å². The number of aromatic nitrogens is 7. The van der Waals surface area contributed by atoms with Crippen LogP contribution in [0.15, 0.2) is 48.5 Å². The molecular weight excluding hydrogens is 460 g/mol. The number of tetrazole rings is 1. The van der Waals surface area contributed by atoms with Crippen LogP contribution in [0.4, 0.5) is 8.78 Å². The first kappa shape index (κ1) is 25.6. The molecule has 0 radical (unpaired) electrons. The zero-order valence-corrected chi connectivity index (χ0v) is 20.9. The first-order valence-corrected chi connectivity index (χ1v) is 12.7. The second-order valence-corrected chi connectivity index (χ2v) is 9.17. The van der Waals surface area contributed by atoms with Crippen molar-refractivity contribution in [3.8, 4) is 11.4 Å². The highest BCUT2D eigenvalue weighted by molar-refractivity contribution is 5.60. The number of unbranched alkanes of at least 4 members (excludes halogenated alkanes) is 3. The molecular formula is C27H33F2N7. The third-order valence-corrected chi connectivity index (χ3v) is 6.29. The molecule has 0 amide bonds. The molecule has 0 fully saturated rings. The minimum absolute atomic E-state index is 0.220. The van der Waals surface area contributed by atoms with Gasteiger partial charge < -0.3 is 0 Å².